The summed E-state index contributed by atoms with van der Waals surface area (Å²) in [7, 11) is 0. The number of alkyl halides is 3. The van der Waals surface area contributed by atoms with Gasteiger partial charge in [-0.3, -0.25) is 5.32 Å². The molecule has 0 amide bonds. The minimum Gasteiger partial charge on any atom is -0.462 e. The molecule has 1 heterocycles. The molecular formula is C10H12F3NO2. The van der Waals surface area contributed by atoms with E-state index >= 15 is 0 Å². The van der Waals surface area contributed by atoms with E-state index in [-0.39, 0.29) is 26.0 Å². The van der Waals surface area contributed by atoms with Crippen LogP contribution >= 0.6 is 0 Å². The van der Waals surface area contributed by atoms with Gasteiger partial charge in [-0.05, 0) is 25.0 Å². The van der Waals surface area contributed by atoms with Crippen molar-refractivity contribution in [2.45, 2.75) is 37.7 Å². The third-order valence-electron chi connectivity index (χ3n) is 2.77. The fourth-order valence-electron chi connectivity index (χ4n) is 1.54. The topological polar surface area (TPSA) is 45.4 Å². The Hall–Kier alpha value is -1.01. The summed E-state index contributed by atoms with van der Waals surface area (Å²) in [5.41, 5.74) is -1.72. The third-order valence-corrected chi connectivity index (χ3v) is 2.77. The van der Waals surface area contributed by atoms with Gasteiger partial charge >= 0.3 is 6.18 Å². The smallest absolute Gasteiger partial charge is 0.406 e. The molecule has 1 aromatic rings. The van der Waals surface area contributed by atoms with Crippen LogP contribution in [0.25, 0.3) is 0 Å². The third kappa shape index (κ3) is 2.08. The Balaban J connectivity index is 1.93. The Morgan fingerprint density at radius 3 is 2.38 bits per heavy atom. The predicted octanol–water partition coefficient (Wildman–Crippen LogP) is 1.96. The summed E-state index contributed by atoms with van der Waals surface area (Å²) in [6.07, 6.45) is -3.98. The first-order chi connectivity index (χ1) is 7.47. The maximum absolute atomic E-state index is 12.5. The van der Waals surface area contributed by atoms with Crippen molar-refractivity contribution in [3.05, 3.63) is 23.7 Å². The lowest BCUT2D eigenvalue weighted by Crippen LogP contribution is -2.44. The van der Waals surface area contributed by atoms with Gasteiger partial charge in [0.25, 0.3) is 0 Å². The molecule has 0 aliphatic heterocycles. The molecule has 3 nitrogen and oxygen atoms in total. The van der Waals surface area contributed by atoms with Crippen molar-refractivity contribution >= 4 is 0 Å². The van der Waals surface area contributed by atoms with Gasteiger partial charge in [-0.1, -0.05) is 0 Å². The molecule has 0 aromatic carbocycles. The highest BCUT2D eigenvalue weighted by atomic mass is 19.4. The molecule has 0 saturated heterocycles. The van der Waals surface area contributed by atoms with Crippen molar-refractivity contribution in [3.63, 3.8) is 0 Å². The van der Waals surface area contributed by atoms with Crippen LogP contribution in [-0.4, -0.2) is 16.8 Å². The second-order valence-electron chi connectivity index (χ2n) is 3.96. The molecule has 0 atom stereocenters. The van der Waals surface area contributed by atoms with E-state index < -0.39 is 11.7 Å². The van der Waals surface area contributed by atoms with Gasteiger partial charge in [0.05, 0.1) is 6.54 Å². The SMILES string of the molecule is OCc1ccc(CNC2(C(F)(F)F)CC2)o1. The highest BCUT2D eigenvalue weighted by molar-refractivity contribution is 5.11. The van der Waals surface area contributed by atoms with Crippen molar-refractivity contribution in [2.75, 3.05) is 0 Å². The highest BCUT2D eigenvalue weighted by Crippen LogP contribution is 2.49. The van der Waals surface area contributed by atoms with Gasteiger partial charge in [0, 0.05) is 0 Å². The number of rotatable bonds is 4. The van der Waals surface area contributed by atoms with Crippen molar-refractivity contribution in [2.24, 2.45) is 0 Å². The van der Waals surface area contributed by atoms with Crippen LogP contribution in [0.3, 0.4) is 0 Å². The van der Waals surface area contributed by atoms with Crippen LogP contribution in [-0.2, 0) is 13.2 Å². The molecule has 0 unspecified atom stereocenters. The fraction of sp³-hybridized carbons (Fsp3) is 0.600. The molecule has 16 heavy (non-hydrogen) atoms. The van der Waals surface area contributed by atoms with Crippen molar-refractivity contribution in [1.82, 2.24) is 5.32 Å². The van der Waals surface area contributed by atoms with E-state index in [1.165, 1.54) is 0 Å². The molecule has 1 aliphatic carbocycles. The molecule has 1 aliphatic rings. The highest BCUT2D eigenvalue weighted by Gasteiger charge is 2.63. The molecule has 90 valence electrons. The van der Waals surface area contributed by atoms with Gasteiger partial charge in [0.2, 0.25) is 0 Å². The van der Waals surface area contributed by atoms with E-state index in [1.807, 2.05) is 0 Å². The first-order valence-electron chi connectivity index (χ1n) is 4.97. The van der Waals surface area contributed by atoms with E-state index in [0.717, 1.165) is 0 Å². The van der Waals surface area contributed by atoms with Gasteiger partial charge < -0.3 is 9.52 Å². The summed E-state index contributed by atoms with van der Waals surface area (Å²) >= 11 is 0. The summed E-state index contributed by atoms with van der Waals surface area (Å²) in [6, 6.07) is 3.11. The number of halogens is 3. The van der Waals surface area contributed by atoms with Crippen LogP contribution < -0.4 is 5.32 Å². The minimum absolute atomic E-state index is 0.0273. The molecule has 0 spiro atoms. The van der Waals surface area contributed by atoms with Crippen molar-refractivity contribution in [3.8, 4) is 0 Å². The maximum Gasteiger partial charge on any atom is 0.406 e. The monoisotopic (exact) mass is 235 g/mol. The Morgan fingerprint density at radius 1 is 1.31 bits per heavy atom. The molecular weight excluding hydrogens is 223 g/mol. The van der Waals surface area contributed by atoms with Crippen LogP contribution in [0.1, 0.15) is 24.4 Å². The number of hydrogen-bond donors (Lipinski definition) is 2. The Kier molecular flexibility index (Phi) is 2.71. The van der Waals surface area contributed by atoms with Gasteiger partial charge in [-0.25, -0.2) is 0 Å². The molecule has 2 N–H and O–H groups in total. The van der Waals surface area contributed by atoms with Crippen molar-refractivity contribution in [1.29, 1.82) is 0 Å². The molecule has 1 aromatic heterocycles. The van der Waals surface area contributed by atoms with E-state index in [1.54, 1.807) is 12.1 Å². The van der Waals surface area contributed by atoms with Crippen LogP contribution in [0.15, 0.2) is 16.5 Å². The number of aliphatic hydroxyl groups excluding tert-OH is 1. The van der Waals surface area contributed by atoms with E-state index in [9.17, 15) is 13.2 Å². The van der Waals surface area contributed by atoms with Crippen LogP contribution in [0.4, 0.5) is 13.2 Å². The first-order valence-corrected chi connectivity index (χ1v) is 4.97. The summed E-state index contributed by atoms with van der Waals surface area (Å²) in [4.78, 5) is 0. The van der Waals surface area contributed by atoms with E-state index in [2.05, 4.69) is 5.32 Å². The Labute approximate surface area is 90.3 Å². The van der Waals surface area contributed by atoms with Gasteiger partial charge in [0.1, 0.15) is 23.7 Å². The normalized spacial score (nSPS) is 18.8. The van der Waals surface area contributed by atoms with Crippen LogP contribution in [0.2, 0.25) is 0 Å². The van der Waals surface area contributed by atoms with Crippen molar-refractivity contribution < 1.29 is 22.7 Å². The van der Waals surface area contributed by atoms with Gasteiger partial charge in [-0.2, -0.15) is 13.2 Å². The molecule has 0 radical (unpaired) electrons. The minimum atomic E-state index is -4.21. The van der Waals surface area contributed by atoms with Crippen LogP contribution in [0.5, 0.6) is 0 Å². The zero-order valence-corrected chi connectivity index (χ0v) is 8.47. The summed E-state index contributed by atoms with van der Waals surface area (Å²) in [6.45, 7) is -0.218. The average Bonchev–Trinajstić information content (AvgIpc) is 2.88. The van der Waals surface area contributed by atoms with Crippen LogP contribution in [0, 0.1) is 0 Å². The standard InChI is InChI=1S/C10H12F3NO2/c11-10(12,13)9(3-4-9)14-5-7-1-2-8(6-15)16-7/h1-2,14-15H,3-6H2. The molecule has 6 heteroatoms. The molecule has 0 bridgehead atoms. The second kappa shape index (κ2) is 3.78. The number of furan rings is 1. The molecule has 2 rings (SSSR count). The number of aliphatic hydroxyl groups is 1. The first kappa shape index (κ1) is 11.5. The number of nitrogens with one attached hydrogen (secondary N) is 1. The van der Waals surface area contributed by atoms with Gasteiger partial charge in [0.15, 0.2) is 0 Å². The van der Waals surface area contributed by atoms with Gasteiger partial charge in [-0.15, -0.1) is 0 Å². The summed E-state index contributed by atoms with van der Waals surface area (Å²) in [5.74, 6) is 0.758. The largest absolute Gasteiger partial charge is 0.462 e. The number of hydrogen-bond acceptors (Lipinski definition) is 3. The quantitative estimate of drug-likeness (QED) is 0.838. The molecule has 1 saturated carbocycles. The lowest BCUT2D eigenvalue weighted by molar-refractivity contribution is -0.166. The summed E-state index contributed by atoms with van der Waals surface area (Å²) < 4.78 is 42.7. The zero-order chi connectivity index (χ0) is 11.8. The predicted molar refractivity (Wildman–Crippen MR) is 49.5 cm³/mol. The Morgan fingerprint density at radius 2 is 1.94 bits per heavy atom. The fourth-order valence-corrected chi connectivity index (χ4v) is 1.54. The average molecular weight is 235 g/mol. The van der Waals surface area contributed by atoms with E-state index in [0.29, 0.717) is 11.5 Å². The lowest BCUT2D eigenvalue weighted by atomic mass is 10.2. The lowest BCUT2D eigenvalue weighted by Gasteiger charge is -2.19. The maximum atomic E-state index is 12.5. The second-order valence-corrected chi connectivity index (χ2v) is 3.96. The zero-order valence-electron chi connectivity index (χ0n) is 8.47. The Bertz CT molecular complexity index is 368. The molecule has 1 fully saturated rings. The van der Waals surface area contributed by atoms with E-state index in [4.69, 9.17) is 9.52 Å². The summed E-state index contributed by atoms with van der Waals surface area (Å²) in [5, 5.41) is 11.2.